The number of benzene rings is 6. The van der Waals surface area contributed by atoms with Gasteiger partial charge in [-0.3, -0.25) is 5.41 Å². The van der Waals surface area contributed by atoms with Crippen molar-refractivity contribution in [1.82, 2.24) is 9.88 Å². The molecule has 0 spiro atoms. The molecule has 54 heavy (non-hydrogen) atoms. The van der Waals surface area contributed by atoms with Crippen LogP contribution in [0.4, 0.5) is 0 Å². The molecule has 6 aromatic carbocycles. The number of nitrogens with zero attached hydrogens (tertiary/aromatic N) is 2. The van der Waals surface area contributed by atoms with Crippen LogP contribution >= 0.6 is 0 Å². The summed E-state index contributed by atoms with van der Waals surface area (Å²) in [5, 5.41) is 15.1. The van der Waals surface area contributed by atoms with Crippen molar-refractivity contribution in [2.75, 3.05) is 0 Å². The number of aliphatic imine (C=N–C) groups is 1. The highest BCUT2D eigenvalue weighted by atomic mass is 15.3. The van der Waals surface area contributed by atoms with Gasteiger partial charge in [-0.25, -0.2) is 4.99 Å². The Bertz CT molecular complexity index is 2580. The Morgan fingerprint density at radius 1 is 0.741 bits per heavy atom. The number of amidine groups is 1. The van der Waals surface area contributed by atoms with E-state index in [1.54, 1.807) is 0 Å². The molecule has 4 nitrogen and oxygen atoms in total. The summed E-state index contributed by atoms with van der Waals surface area (Å²) in [7, 11) is 0. The third kappa shape index (κ3) is 5.52. The van der Waals surface area contributed by atoms with Crippen molar-refractivity contribution < 1.29 is 0 Å². The molecule has 0 saturated carbocycles. The lowest BCUT2D eigenvalue weighted by molar-refractivity contribution is 0.522. The zero-order valence-corrected chi connectivity index (χ0v) is 31.1. The second kappa shape index (κ2) is 13.3. The van der Waals surface area contributed by atoms with Gasteiger partial charge in [-0.15, -0.1) is 0 Å². The van der Waals surface area contributed by atoms with E-state index in [-0.39, 0.29) is 5.41 Å². The molecule has 1 unspecified atom stereocenters. The number of aromatic nitrogens is 1. The molecule has 1 heterocycles. The maximum Gasteiger partial charge on any atom is 0.202 e. The number of rotatable bonds is 7. The minimum atomic E-state index is -0.603. The minimum absolute atomic E-state index is 0.0624. The lowest BCUT2D eigenvalue weighted by Crippen LogP contribution is -2.32. The number of hydrogen-bond donors (Lipinski definition) is 2. The highest BCUT2D eigenvalue weighted by molar-refractivity contribution is 6.09. The van der Waals surface area contributed by atoms with E-state index >= 15 is 0 Å². The molecule has 2 aliphatic rings. The lowest BCUT2D eigenvalue weighted by Gasteiger charge is -2.37. The topological polar surface area (TPSA) is 53.2 Å². The first-order valence-electron chi connectivity index (χ1n) is 19.0. The molecule has 264 valence electrons. The van der Waals surface area contributed by atoms with Crippen molar-refractivity contribution in [2.45, 2.75) is 50.7 Å². The summed E-state index contributed by atoms with van der Waals surface area (Å²) in [6.07, 6.45) is 10.2. The highest BCUT2D eigenvalue weighted by Crippen LogP contribution is 2.58. The normalized spacial score (nSPS) is 15.3. The zero-order valence-electron chi connectivity index (χ0n) is 31.1. The largest absolute Gasteiger partial charge is 0.331 e. The molecule has 0 radical (unpaired) electrons. The van der Waals surface area contributed by atoms with Crippen LogP contribution in [0.2, 0.25) is 0 Å². The van der Waals surface area contributed by atoms with Crippen LogP contribution in [0.1, 0.15) is 73.3 Å². The summed E-state index contributed by atoms with van der Waals surface area (Å²) in [5.74, 6) is 0.317. The third-order valence-corrected chi connectivity index (χ3v) is 11.3. The lowest BCUT2D eigenvalue weighted by atomic mass is 9.65. The van der Waals surface area contributed by atoms with Gasteiger partial charge in [0.25, 0.3) is 0 Å². The maximum atomic E-state index is 9.25. The Balaban J connectivity index is 1.28. The maximum absolute atomic E-state index is 9.25. The van der Waals surface area contributed by atoms with Crippen LogP contribution in [0, 0.1) is 5.41 Å². The Hall–Kier alpha value is -6.26. The van der Waals surface area contributed by atoms with Gasteiger partial charge >= 0.3 is 0 Å². The zero-order chi connectivity index (χ0) is 36.9. The van der Waals surface area contributed by atoms with Crippen LogP contribution in [0.3, 0.4) is 0 Å². The molecule has 2 aliphatic carbocycles. The summed E-state index contributed by atoms with van der Waals surface area (Å²) in [6.45, 7) is 6.70. The Kier molecular flexibility index (Phi) is 8.27. The highest BCUT2D eigenvalue weighted by Gasteiger charge is 2.47. The summed E-state index contributed by atoms with van der Waals surface area (Å²) in [6, 6.07) is 52.1. The number of para-hydroxylation sites is 1. The first-order chi connectivity index (χ1) is 26.3. The van der Waals surface area contributed by atoms with Gasteiger partial charge < -0.3 is 9.88 Å². The van der Waals surface area contributed by atoms with Crippen LogP contribution < -0.4 is 5.32 Å². The second-order valence-corrected chi connectivity index (χ2v) is 15.5. The molecule has 1 aromatic heterocycles. The van der Waals surface area contributed by atoms with Crippen LogP contribution in [-0.4, -0.2) is 16.6 Å². The molecule has 0 aliphatic heterocycles. The van der Waals surface area contributed by atoms with Gasteiger partial charge in [0.05, 0.1) is 16.4 Å². The smallest absolute Gasteiger partial charge is 0.202 e. The van der Waals surface area contributed by atoms with Gasteiger partial charge in [-0.2, -0.15) is 0 Å². The van der Waals surface area contributed by atoms with E-state index in [0.29, 0.717) is 5.84 Å². The molecule has 9 rings (SSSR count). The SMILES string of the molecule is CC(C)(C)c1ccc(/C=N/C(NC(=N)c2ccccc2)n2c3ccccc3c3ccc(C4(C5=CC=CCC5)c5ccccc5-c5ccccc54)cc32)cc1. The monoisotopic (exact) mass is 700 g/mol. The van der Waals surface area contributed by atoms with Crippen molar-refractivity contribution >= 4 is 33.9 Å². The molecule has 0 fully saturated rings. The van der Waals surface area contributed by atoms with Gasteiger partial charge in [-0.05, 0) is 69.3 Å². The number of hydrogen-bond acceptors (Lipinski definition) is 2. The standard InChI is InChI=1S/C50H44N4/c1-49(2,3)36-28-26-34(27-29-36)33-52-48(53-47(51)35-16-6-4-7-17-35)54-45-25-15-12-22-41(45)42-31-30-38(32-46(42)54)50(37-18-8-5-9-19-37)43-23-13-10-20-39(43)40-21-11-14-24-44(40)50/h4-8,10-18,20-33,48H,9,19H2,1-3H3,(H2,51,53)/b52-33+. The quantitative estimate of drug-likeness (QED) is 0.126. The Morgan fingerprint density at radius 3 is 2.07 bits per heavy atom. The van der Waals surface area contributed by atoms with E-state index < -0.39 is 11.7 Å². The van der Waals surface area contributed by atoms with E-state index in [4.69, 9.17) is 4.99 Å². The van der Waals surface area contributed by atoms with Gasteiger partial charge in [0.2, 0.25) is 6.29 Å². The fourth-order valence-corrected chi connectivity index (χ4v) is 8.70. The van der Waals surface area contributed by atoms with Crippen molar-refractivity contribution in [1.29, 1.82) is 5.41 Å². The van der Waals surface area contributed by atoms with Crippen LogP contribution in [0.25, 0.3) is 32.9 Å². The van der Waals surface area contributed by atoms with Gasteiger partial charge in [0, 0.05) is 22.6 Å². The average molecular weight is 701 g/mol. The van der Waals surface area contributed by atoms with Crippen molar-refractivity contribution in [3.63, 3.8) is 0 Å². The van der Waals surface area contributed by atoms with E-state index in [0.717, 1.165) is 45.8 Å². The molecular formula is C50H44N4. The fourth-order valence-electron chi connectivity index (χ4n) is 8.70. The molecule has 0 bridgehead atoms. The molecule has 0 amide bonds. The summed E-state index contributed by atoms with van der Waals surface area (Å²) in [4.78, 5) is 5.27. The summed E-state index contributed by atoms with van der Waals surface area (Å²) >= 11 is 0. The predicted octanol–water partition coefficient (Wildman–Crippen LogP) is 11.9. The molecule has 1 atom stereocenters. The Morgan fingerprint density at radius 2 is 1.39 bits per heavy atom. The fraction of sp³-hybridized carbons (Fsp3) is 0.160. The minimum Gasteiger partial charge on any atom is -0.331 e. The van der Waals surface area contributed by atoms with Gasteiger partial charge in [0.1, 0.15) is 5.84 Å². The molecule has 4 heteroatoms. The second-order valence-electron chi connectivity index (χ2n) is 15.5. The van der Waals surface area contributed by atoms with E-state index in [2.05, 4.69) is 164 Å². The molecular weight excluding hydrogens is 657 g/mol. The summed E-state index contributed by atoms with van der Waals surface area (Å²) < 4.78 is 2.29. The van der Waals surface area contributed by atoms with Crippen LogP contribution in [0.15, 0.2) is 174 Å². The first kappa shape index (κ1) is 33.6. The van der Waals surface area contributed by atoms with Crippen LogP contribution in [0.5, 0.6) is 0 Å². The first-order valence-corrected chi connectivity index (χ1v) is 19.0. The molecule has 2 N–H and O–H groups in total. The Labute approximate surface area is 317 Å². The van der Waals surface area contributed by atoms with Crippen LogP contribution in [-0.2, 0) is 10.8 Å². The van der Waals surface area contributed by atoms with E-state index in [1.165, 1.54) is 39.0 Å². The van der Waals surface area contributed by atoms with E-state index in [9.17, 15) is 5.41 Å². The van der Waals surface area contributed by atoms with Crippen molar-refractivity contribution in [3.05, 3.63) is 203 Å². The third-order valence-electron chi connectivity index (χ3n) is 11.3. The van der Waals surface area contributed by atoms with Crippen molar-refractivity contribution in [3.8, 4) is 11.1 Å². The average Bonchev–Trinajstić information content (AvgIpc) is 3.70. The van der Waals surface area contributed by atoms with Crippen molar-refractivity contribution in [2.24, 2.45) is 4.99 Å². The van der Waals surface area contributed by atoms with Gasteiger partial charge in [-0.1, -0.05) is 178 Å². The summed E-state index contributed by atoms with van der Waals surface area (Å²) in [5.41, 5.74) is 12.7. The molecule has 7 aromatic rings. The number of nitrogens with one attached hydrogen (secondary N) is 2. The van der Waals surface area contributed by atoms with Gasteiger partial charge in [0.15, 0.2) is 0 Å². The molecule has 0 saturated heterocycles. The number of fused-ring (bicyclic) bond motifs is 6. The number of allylic oxidation sites excluding steroid dienone is 4. The predicted molar refractivity (Wildman–Crippen MR) is 226 cm³/mol. The van der Waals surface area contributed by atoms with E-state index in [1.807, 2.05) is 36.5 Å².